The summed E-state index contributed by atoms with van der Waals surface area (Å²) >= 11 is 0. The first-order valence-corrected chi connectivity index (χ1v) is 9.09. The van der Waals surface area contributed by atoms with Crippen LogP contribution in [0.3, 0.4) is 0 Å². The number of anilines is 1. The molecular weight excluding hydrogens is 348 g/mol. The van der Waals surface area contributed by atoms with E-state index in [1.807, 2.05) is 30.5 Å². The highest BCUT2D eigenvalue weighted by Gasteiger charge is 2.30. The monoisotopic (exact) mass is 372 g/mol. The molecule has 0 aliphatic carbocycles. The molecule has 0 bridgehead atoms. The average molecular weight is 372 g/mol. The van der Waals surface area contributed by atoms with Gasteiger partial charge in [-0.3, -0.25) is 9.47 Å². The molecule has 0 amide bonds. The van der Waals surface area contributed by atoms with E-state index in [4.69, 9.17) is 9.15 Å². The Hall–Kier alpha value is -2.49. The van der Waals surface area contributed by atoms with Gasteiger partial charge in [-0.2, -0.15) is 0 Å². The van der Waals surface area contributed by atoms with Gasteiger partial charge in [-0.25, -0.2) is 15.0 Å². The number of hydrogen-bond donors (Lipinski definition) is 2. The van der Waals surface area contributed by atoms with E-state index in [1.54, 1.807) is 12.6 Å². The molecule has 4 rings (SSSR count). The van der Waals surface area contributed by atoms with Crippen molar-refractivity contribution in [2.75, 3.05) is 25.0 Å². The number of morpholine rings is 1. The summed E-state index contributed by atoms with van der Waals surface area (Å²) in [6, 6.07) is 4.06. The topological polar surface area (TPSA) is 101 Å². The number of aromatic nitrogens is 4. The van der Waals surface area contributed by atoms with Crippen LogP contribution in [0, 0.1) is 0 Å². The fourth-order valence-corrected chi connectivity index (χ4v) is 3.34. The highest BCUT2D eigenvalue weighted by Crippen LogP contribution is 2.26. The van der Waals surface area contributed by atoms with E-state index in [0.29, 0.717) is 36.6 Å². The summed E-state index contributed by atoms with van der Waals surface area (Å²) in [6.07, 6.45) is 4.32. The number of aliphatic hydroxyl groups excluding tert-OH is 1. The van der Waals surface area contributed by atoms with Crippen LogP contribution in [0.25, 0.3) is 11.2 Å². The quantitative estimate of drug-likeness (QED) is 0.673. The SMILES string of the molecule is CC(C)Nc1ncnc2c1ncn2[C@H]1CN(Cc2ccco2)C[C@@H](CO)O1. The fourth-order valence-electron chi connectivity index (χ4n) is 3.34. The minimum Gasteiger partial charge on any atom is -0.468 e. The second-order valence-electron chi connectivity index (χ2n) is 7.01. The zero-order chi connectivity index (χ0) is 18.8. The highest BCUT2D eigenvalue weighted by molar-refractivity contribution is 5.82. The molecule has 0 saturated carbocycles. The van der Waals surface area contributed by atoms with Crippen LogP contribution < -0.4 is 5.32 Å². The molecule has 2 atom stereocenters. The molecule has 0 aromatic carbocycles. The van der Waals surface area contributed by atoms with Gasteiger partial charge in [-0.15, -0.1) is 0 Å². The second kappa shape index (κ2) is 7.63. The Bertz CT molecular complexity index is 878. The minimum atomic E-state index is -0.308. The molecule has 1 aliphatic rings. The van der Waals surface area contributed by atoms with Gasteiger partial charge < -0.3 is 19.6 Å². The number of aliphatic hydroxyl groups is 1. The van der Waals surface area contributed by atoms with Gasteiger partial charge in [-0.1, -0.05) is 0 Å². The van der Waals surface area contributed by atoms with E-state index >= 15 is 0 Å². The number of nitrogens with one attached hydrogen (secondary N) is 1. The van der Waals surface area contributed by atoms with Crippen LogP contribution >= 0.6 is 0 Å². The zero-order valence-electron chi connectivity index (χ0n) is 15.4. The van der Waals surface area contributed by atoms with Crippen molar-refractivity contribution in [3.8, 4) is 0 Å². The molecule has 9 heteroatoms. The van der Waals surface area contributed by atoms with Gasteiger partial charge in [0.25, 0.3) is 0 Å². The van der Waals surface area contributed by atoms with Crippen LogP contribution in [-0.2, 0) is 11.3 Å². The molecule has 3 aromatic rings. The third kappa shape index (κ3) is 3.80. The van der Waals surface area contributed by atoms with Gasteiger partial charge in [0.05, 0.1) is 31.8 Å². The lowest BCUT2D eigenvalue weighted by atomic mass is 10.2. The summed E-state index contributed by atoms with van der Waals surface area (Å²) in [5.74, 6) is 1.59. The molecule has 2 N–H and O–H groups in total. The molecule has 1 fully saturated rings. The van der Waals surface area contributed by atoms with Crippen molar-refractivity contribution in [1.82, 2.24) is 24.4 Å². The minimum absolute atomic E-state index is 0.0487. The van der Waals surface area contributed by atoms with Crippen molar-refractivity contribution in [2.45, 2.75) is 38.8 Å². The fraction of sp³-hybridized carbons (Fsp3) is 0.500. The third-order valence-electron chi connectivity index (χ3n) is 4.48. The van der Waals surface area contributed by atoms with Gasteiger partial charge in [0.2, 0.25) is 0 Å². The summed E-state index contributed by atoms with van der Waals surface area (Å²) in [4.78, 5) is 15.4. The lowest BCUT2D eigenvalue weighted by molar-refractivity contribution is -0.136. The molecule has 1 saturated heterocycles. The Morgan fingerprint density at radius 2 is 2.19 bits per heavy atom. The lowest BCUT2D eigenvalue weighted by Gasteiger charge is -2.37. The van der Waals surface area contributed by atoms with Crippen molar-refractivity contribution in [2.24, 2.45) is 0 Å². The normalized spacial score (nSPS) is 21.2. The molecule has 1 aliphatic heterocycles. The molecule has 0 spiro atoms. The summed E-state index contributed by atoms with van der Waals surface area (Å²) < 4.78 is 13.4. The number of fused-ring (bicyclic) bond motifs is 1. The zero-order valence-corrected chi connectivity index (χ0v) is 15.4. The Morgan fingerprint density at radius 1 is 1.30 bits per heavy atom. The summed E-state index contributed by atoms with van der Waals surface area (Å²) in [6.45, 7) is 5.98. The van der Waals surface area contributed by atoms with Crippen LogP contribution in [0.1, 0.15) is 25.8 Å². The molecule has 4 heterocycles. The first-order valence-electron chi connectivity index (χ1n) is 9.09. The van der Waals surface area contributed by atoms with E-state index in [0.717, 1.165) is 5.76 Å². The predicted octanol–water partition coefficient (Wildman–Crippen LogP) is 1.63. The van der Waals surface area contributed by atoms with E-state index in [1.165, 1.54) is 6.33 Å². The first-order chi connectivity index (χ1) is 13.1. The number of furan rings is 1. The number of nitrogens with zero attached hydrogens (tertiary/aromatic N) is 5. The van der Waals surface area contributed by atoms with Crippen molar-refractivity contribution >= 4 is 17.0 Å². The van der Waals surface area contributed by atoms with Crippen LogP contribution in [0.2, 0.25) is 0 Å². The summed E-state index contributed by atoms with van der Waals surface area (Å²) in [7, 11) is 0. The van der Waals surface area contributed by atoms with Gasteiger partial charge >= 0.3 is 0 Å². The van der Waals surface area contributed by atoms with Crippen LogP contribution in [0.5, 0.6) is 0 Å². The van der Waals surface area contributed by atoms with E-state index < -0.39 is 0 Å². The van der Waals surface area contributed by atoms with Crippen molar-refractivity contribution in [3.63, 3.8) is 0 Å². The van der Waals surface area contributed by atoms with Gasteiger partial charge in [0.1, 0.15) is 18.3 Å². The van der Waals surface area contributed by atoms with Crippen LogP contribution in [0.4, 0.5) is 5.82 Å². The molecule has 9 nitrogen and oxygen atoms in total. The predicted molar refractivity (Wildman–Crippen MR) is 99.1 cm³/mol. The Morgan fingerprint density at radius 3 is 2.93 bits per heavy atom. The largest absolute Gasteiger partial charge is 0.468 e. The number of hydrogen-bond acceptors (Lipinski definition) is 8. The van der Waals surface area contributed by atoms with E-state index in [-0.39, 0.29) is 25.0 Å². The van der Waals surface area contributed by atoms with Gasteiger partial charge in [-0.05, 0) is 26.0 Å². The van der Waals surface area contributed by atoms with Crippen molar-refractivity contribution in [3.05, 3.63) is 36.8 Å². The Kier molecular flexibility index (Phi) is 5.06. The maximum absolute atomic E-state index is 9.67. The van der Waals surface area contributed by atoms with Crippen molar-refractivity contribution < 1.29 is 14.3 Å². The van der Waals surface area contributed by atoms with Crippen LogP contribution in [-0.4, -0.2) is 61.4 Å². The van der Waals surface area contributed by atoms with Gasteiger partial charge in [0, 0.05) is 19.1 Å². The summed E-state index contributed by atoms with van der Waals surface area (Å²) in [5, 5.41) is 13.0. The molecule has 144 valence electrons. The van der Waals surface area contributed by atoms with E-state index in [2.05, 4.69) is 25.2 Å². The maximum Gasteiger partial charge on any atom is 0.167 e. The number of ether oxygens (including phenoxy) is 1. The number of rotatable bonds is 6. The molecule has 0 radical (unpaired) electrons. The first kappa shape index (κ1) is 17.9. The smallest absolute Gasteiger partial charge is 0.167 e. The highest BCUT2D eigenvalue weighted by atomic mass is 16.5. The van der Waals surface area contributed by atoms with Crippen LogP contribution in [0.15, 0.2) is 35.5 Å². The standard InChI is InChI=1S/C18H24N6O3/c1-12(2)22-17-16-18(20-10-19-17)24(11-21-16)15-8-23(7-14(9-25)27-15)6-13-4-3-5-26-13/h3-5,10-12,14-15,25H,6-9H2,1-2H3,(H,19,20,22)/t14-,15+/m0/s1. The molecule has 27 heavy (non-hydrogen) atoms. The number of imidazole rings is 1. The van der Waals surface area contributed by atoms with Gasteiger partial charge in [0.15, 0.2) is 17.0 Å². The lowest BCUT2D eigenvalue weighted by Crippen LogP contribution is -2.46. The van der Waals surface area contributed by atoms with Crippen molar-refractivity contribution in [1.29, 1.82) is 0 Å². The third-order valence-corrected chi connectivity index (χ3v) is 4.48. The Balaban J connectivity index is 1.61. The molecular formula is C18H24N6O3. The van der Waals surface area contributed by atoms with E-state index in [9.17, 15) is 5.11 Å². The molecule has 0 unspecified atom stereocenters. The molecule has 3 aromatic heterocycles. The Labute approximate surface area is 157 Å². The maximum atomic E-state index is 9.67. The summed E-state index contributed by atoms with van der Waals surface area (Å²) in [5.41, 5.74) is 1.41. The second-order valence-corrected chi connectivity index (χ2v) is 7.01. The average Bonchev–Trinajstić information content (AvgIpc) is 3.31.